The van der Waals surface area contributed by atoms with Gasteiger partial charge in [-0.2, -0.15) is 0 Å². The molecule has 0 bridgehead atoms. The van der Waals surface area contributed by atoms with Gasteiger partial charge in [-0.25, -0.2) is 0 Å². The number of rotatable bonds is 4. The molecular formula is C15H22Cl3N3. The Morgan fingerprint density at radius 3 is 2.62 bits per heavy atom. The number of nitrogens with zero attached hydrogens (tertiary/aromatic N) is 2. The first kappa shape index (κ1) is 17.3. The highest BCUT2D eigenvalue weighted by Gasteiger charge is 2.23. The summed E-state index contributed by atoms with van der Waals surface area (Å²) in [6.07, 6.45) is 0. The van der Waals surface area contributed by atoms with Gasteiger partial charge in [-0.3, -0.25) is 4.90 Å². The molecule has 3 nitrogen and oxygen atoms in total. The SMILES string of the molecule is CC(NCC1CN(C)CCN1C)c1ccc(Cl)c(Cl)c1Cl. The predicted octanol–water partition coefficient (Wildman–Crippen LogP) is 3.54. The molecule has 0 saturated carbocycles. The monoisotopic (exact) mass is 349 g/mol. The van der Waals surface area contributed by atoms with Gasteiger partial charge in [0.15, 0.2) is 0 Å². The van der Waals surface area contributed by atoms with Crippen molar-refractivity contribution in [3.8, 4) is 0 Å². The van der Waals surface area contributed by atoms with Crippen molar-refractivity contribution in [1.29, 1.82) is 0 Å². The van der Waals surface area contributed by atoms with Crippen molar-refractivity contribution in [1.82, 2.24) is 15.1 Å². The first-order valence-corrected chi connectivity index (χ1v) is 8.29. The molecule has 1 aliphatic rings. The van der Waals surface area contributed by atoms with Gasteiger partial charge in [0.2, 0.25) is 0 Å². The maximum absolute atomic E-state index is 6.29. The second kappa shape index (κ2) is 7.49. The van der Waals surface area contributed by atoms with E-state index in [4.69, 9.17) is 34.8 Å². The summed E-state index contributed by atoms with van der Waals surface area (Å²) in [5.41, 5.74) is 0.984. The van der Waals surface area contributed by atoms with E-state index in [2.05, 4.69) is 36.1 Å². The maximum Gasteiger partial charge on any atom is 0.0781 e. The van der Waals surface area contributed by atoms with Crippen LogP contribution in [0.3, 0.4) is 0 Å². The molecule has 1 fully saturated rings. The van der Waals surface area contributed by atoms with Gasteiger partial charge in [-0.05, 0) is 32.6 Å². The molecule has 1 N–H and O–H groups in total. The number of hydrogen-bond donors (Lipinski definition) is 1. The van der Waals surface area contributed by atoms with Crippen molar-refractivity contribution in [2.75, 3.05) is 40.3 Å². The van der Waals surface area contributed by atoms with Gasteiger partial charge >= 0.3 is 0 Å². The van der Waals surface area contributed by atoms with E-state index in [1.807, 2.05) is 6.07 Å². The largest absolute Gasteiger partial charge is 0.309 e. The maximum atomic E-state index is 6.29. The Balaban J connectivity index is 1.98. The molecule has 1 aromatic rings. The normalized spacial score (nSPS) is 22.5. The van der Waals surface area contributed by atoms with E-state index in [1.165, 1.54) is 0 Å². The molecule has 2 atom stereocenters. The number of nitrogens with one attached hydrogen (secondary N) is 1. The van der Waals surface area contributed by atoms with E-state index in [-0.39, 0.29) is 6.04 Å². The fourth-order valence-electron chi connectivity index (χ4n) is 2.62. The molecule has 0 aliphatic carbocycles. The van der Waals surface area contributed by atoms with E-state index in [1.54, 1.807) is 6.07 Å². The summed E-state index contributed by atoms with van der Waals surface area (Å²) in [7, 11) is 4.34. The zero-order valence-corrected chi connectivity index (χ0v) is 14.9. The molecule has 1 aliphatic heterocycles. The number of piperazine rings is 1. The molecule has 1 heterocycles. The summed E-state index contributed by atoms with van der Waals surface area (Å²) >= 11 is 18.4. The van der Waals surface area contributed by atoms with Crippen molar-refractivity contribution in [3.63, 3.8) is 0 Å². The third kappa shape index (κ3) is 4.25. The van der Waals surface area contributed by atoms with Crippen molar-refractivity contribution in [2.24, 2.45) is 0 Å². The quantitative estimate of drug-likeness (QED) is 0.838. The lowest BCUT2D eigenvalue weighted by atomic mass is 10.1. The van der Waals surface area contributed by atoms with E-state index in [9.17, 15) is 0 Å². The van der Waals surface area contributed by atoms with Crippen LogP contribution in [0.15, 0.2) is 12.1 Å². The number of benzene rings is 1. The summed E-state index contributed by atoms with van der Waals surface area (Å²) in [5.74, 6) is 0. The van der Waals surface area contributed by atoms with E-state index in [0.717, 1.165) is 31.7 Å². The van der Waals surface area contributed by atoms with Gasteiger partial charge < -0.3 is 10.2 Å². The highest BCUT2D eigenvalue weighted by atomic mass is 35.5. The molecule has 2 unspecified atom stereocenters. The van der Waals surface area contributed by atoms with Crippen LogP contribution in [-0.4, -0.2) is 56.1 Å². The molecule has 6 heteroatoms. The standard InChI is InChI=1S/C15H22Cl3N3/c1-10(12-4-5-13(16)15(18)14(12)17)19-8-11-9-20(2)6-7-21(11)3/h4-5,10-11,19H,6-9H2,1-3H3. The van der Waals surface area contributed by atoms with E-state index >= 15 is 0 Å². The summed E-state index contributed by atoms with van der Waals surface area (Å²) in [4.78, 5) is 4.76. The van der Waals surface area contributed by atoms with Crippen LogP contribution in [0.2, 0.25) is 15.1 Å². The molecule has 0 amide bonds. The van der Waals surface area contributed by atoms with Gasteiger partial charge in [0, 0.05) is 38.3 Å². The Labute approximate surface area is 142 Å². The average molecular weight is 351 g/mol. The molecule has 0 spiro atoms. The minimum atomic E-state index is 0.132. The topological polar surface area (TPSA) is 18.5 Å². The number of likely N-dealkylation sites (N-methyl/N-ethyl adjacent to an activating group) is 2. The lowest BCUT2D eigenvalue weighted by molar-refractivity contribution is 0.112. The Morgan fingerprint density at radius 1 is 1.19 bits per heavy atom. The summed E-state index contributed by atoms with van der Waals surface area (Å²) < 4.78 is 0. The van der Waals surface area contributed by atoms with Crippen LogP contribution in [0.25, 0.3) is 0 Å². The lowest BCUT2D eigenvalue weighted by Crippen LogP contribution is -2.53. The van der Waals surface area contributed by atoms with Gasteiger partial charge in [0.25, 0.3) is 0 Å². The van der Waals surface area contributed by atoms with Crippen molar-refractivity contribution < 1.29 is 0 Å². The zero-order chi connectivity index (χ0) is 15.6. The minimum Gasteiger partial charge on any atom is -0.309 e. The molecule has 1 saturated heterocycles. The van der Waals surface area contributed by atoms with Crippen LogP contribution in [0.4, 0.5) is 0 Å². The lowest BCUT2D eigenvalue weighted by Gasteiger charge is -2.38. The average Bonchev–Trinajstić information content (AvgIpc) is 2.45. The molecule has 21 heavy (non-hydrogen) atoms. The molecule has 1 aromatic carbocycles. The number of halogens is 3. The first-order chi connectivity index (χ1) is 9.90. The Bertz CT molecular complexity index is 495. The summed E-state index contributed by atoms with van der Waals surface area (Å²) in [6, 6.07) is 4.37. The fourth-order valence-corrected chi connectivity index (χ4v) is 3.33. The zero-order valence-electron chi connectivity index (χ0n) is 12.7. The Kier molecular flexibility index (Phi) is 6.18. The summed E-state index contributed by atoms with van der Waals surface area (Å²) in [6.45, 7) is 6.31. The van der Waals surface area contributed by atoms with Crippen molar-refractivity contribution in [3.05, 3.63) is 32.8 Å². The van der Waals surface area contributed by atoms with Crippen molar-refractivity contribution in [2.45, 2.75) is 19.0 Å². The van der Waals surface area contributed by atoms with Gasteiger partial charge in [-0.1, -0.05) is 40.9 Å². The molecule has 2 rings (SSSR count). The summed E-state index contributed by atoms with van der Waals surface area (Å²) in [5, 5.41) is 5.01. The second-order valence-electron chi connectivity index (χ2n) is 5.79. The van der Waals surface area contributed by atoms with Gasteiger partial charge in [0.05, 0.1) is 15.1 Å². The third-order valence-corrected chi connectivity index (χ3v) is 5.48. The Hall–Kier alpha value is -0.0300. The van der Waals surface area contributed by atoms with Gasteiger partial charge in [0.1, 0.15) is 0 Å². The molecule has 0 aromatic heterocycles. The van der Waals surface area contributed by atoms with Crippen LogP contribution in [0, 0.1) is 0 Å². The Morgan fingerprint density at radius 2 is 1.90 bits per heavy atom. The molecular weight excluding hydrogens is 329 g/mol. The molecule has 0 radical (unpaired) electrons. The van der Waals surface area contributed by atoms with Crippen LogP contribution in [-0.2, 0) is 0 Å². The molecule has 118 valence electrons. The van der Waals surface area contributed by atoms with Crippen LogP contribution < -0.4 is 5.32 Å². The predicted molar refractivity (Wildman–Crippen MR) is 91.8 cm³/mol. The highest BCUT2D eigenvalue weighted by molar-refractivity contribution is 6.48. The third-order valence-electron chi connectivity index (χ3n) is 4.17. The fraction of sp³-hybridized carbons (Fsp3) is 0.600. The number of hydrogen-bond acceptors (Lipinski definition) is 3. The van der Waals surface area contributed by atoms with E-state index in [0.29, 0.717) is 21.1 Å². The van der Waals surface area contributed by atoms with Crippen LogP contribution in [0.5, 0.6) is 0 Å². The van der Waals surface area contributed by atoms with Crippen LogP contribution in [0.1, 0.15) is 18.5 Å². The van der Waals surface area contributed by atoms with Gasteiger partial charge in [-0.15, -0.1) is 0 Å². The first-order valence-electron chi connectivity index (χ1n) is 7.15. The van der Waals surface area contributed by atoms with Crippen LogP contribution >= 0.6 is 34.8 Å². The minimum absolute atomic E-state index is 0.132. The highest BCUT2D eigenvalue weighted by Crippen LogP contribution is 2.35. The van der Waals surface area contributed by atoms with E-state index < -0.39 is 0 Å². The smallest absolute Gasteiger partial charge is 0.0781 e. The second-order valence-corrected chi connectivity index (χ2v) is 6.95. The van der Waals surface area contributed by atoms with Crippen molar-refractivity contribution >= 4 is 34.8 Å².